The van der Waals surface area contributed by atoms with Crippen molar-refractivity contribution in [1.29, 1.82) is 0 Å². The number of furan rings is 1. The zero-order valence-electron chi connectivity index (χ0n) is 12.9. The summed E-state index contributed by atoms with van der Waals surface area (Å²) < 4.78 is 11.3. The van der Waals surface area contributed by atoms with Crippen molar-refractivity contribution in [1.82, 2.24) is 4.57 Å². The molecule has 0 aliphatic carbocycles. The van der Waals surface area contributed by atoms with E-state index in [0.717, 1.165) is 34.3 Å². The van der Waals surface area contributed by atoms with E-state index in [4.69, 9.17) is 4.42 Å². The highest BCUT2D eigenvalue weighted by Crippen LogP contribution is 2.19. The lowest BCUT2D eigenvalue weighted by atomic mass is 10.2. The SMILES string of the molecule is Brc1ccccc1C[n+]1ccn(Cc2cc3ccccc3o2)c1.[Br-]. The first-order valence-corrected chi connectivity index (χ1v) is 8.33. The first kappa shape index (κ1) is 17.0. The second-order valence-electron chi connectivity index (χ2n) is 5.60. The molecule has 0 aliphatic heterocycles. The molecule has 4 aromatic rings. The smallest absolute Gasteiger partial charge is 0.244 e. The van der Waals surface area contributed by atoms with Gasteiger partial charge in [0.25, 0.3) is 0 Å². The largest absolute Gasteiger partial charge is 1.00 e. The minimum absolute atomic E-state index is 0. The molecule has 0 N–H and O–H groups in total. The van der Waals surface area contributed by atoms with Crippen LogP contribution >= 0.6 is 15.9 Å². The van der Waals surface area contributed by atoms with E-state index in [9.17, 15) is 0 Å². The standard InChI is InChI=1S/C19H16BrN2O.BrH/c20-18-7-3-1-6-16(18)12-21-9-10-22(14-21)13-17-11-15-5-2-4-8-19(15)23-17;/h1-11,14H,12-13H2;1H/q+1;/p-1. The summed E-state index contributed by atoms with van der Waals surface area (Å²) >= 11 is 3.60. The fourth-order valence-electron chi connectivity index (χ4n) is 2.74. The highest BCUT2D eigenvalue weighted by atomic mass is 79.9. The van der Waals surface area contributed by atoms with Crippen LogP contribution in [0.25, 0.3) is 11.0 Å². The van der Waals surface area contributed by atoms with Crippen LogP contribution in [-0.4, -0.2) is 4.57 Å². The summed E-state index contributed by atoms with van der Waals surface area (Å²) in [6.07, 6.45) is 6.26. The summed E-state index contributed by atoms with van der Waals surface area (Å²) in [5.74, 6) is 0.967. The van der Waals surface area contributed by atoms with E-state index >= 15 is 0 Å². The van der Waals surface area contributed by atoms with Gasteiger partial charge in [-0.25, -0.2) is 9.13 Å². The van der Waals surface area contributed by atoms with Gasteiger partial charge in [0.05, 0.1) is 0 Å². The number of hydrogen-bond acceptors (Lipinski definition) is 1. The Kier molecular flexibility index (Phi) is 5.21. The van der Waals surface area contributed by atoms with Gasteiger partial charge in [0.15, 0.2) is 0 Å². The molecule has 0 atom stereocenters. The average molecular weight is 448 g/mol. The highest BCUT2D eigenvalue weighted by molar-refractivity contribution is 9.10. The van der Waals surface area contributed by atoms with Crippen LogP contribution in [0.5, 0.6) is 0 Å². The number of nitrogens with zero attached hydrogens (tertiary/aromatic N) is 2. The van der Waals surface area contributed by atoms with E-state index in [1.807, 2.05) is 24.3 Å². The Bertz CT molecular complexity index is 926. The maximum Gasteiger partial charge on any atom is 0.244 e. The Hall–Kier alpha value is -1.85. The normalized spacial score (nSPS) is 10.7. The van der Waals surface area contributed by atoms with Gasteiger partial charge < -0.3 is 21.4 Å². The summed E-state index contributed by atoms with van der Waals surface area (Å²) in [4.78, 5) is 0. The van der Waals surface area contributed by atoms with E-state index in [0.29, 0.717) is 0 Å². The third-order valence-corrected chi connectivity index (χ3v) is 4.65. The van der Waals surface area contributed by atoms with Crippen molar-refractivity contribution in [3.63, 3.8) is 0 Å². The van der Waals surface area contributed by atoms with Gasteiger partial charge in [-0.3, -0.25) is 0 Å². The first-order valence-electron chi connectivity index (χ1n) is 7.53. The summed E-state index contributed by atoms with van der Waals surface area (Å²) in [5, 5.41) is 1.15. The summed E-state index contributed by atoms with van der Waals surface area (Å²) in [6.45, 7) is 1.58. The first-order chi connectivity index (χ1) is 11.3. The molecule has 0 aliphatic rings. The molecule has 0 fully saturated rings. The number of imidazole rings is 1. The van der Waals surface area contributed by atoms with Crippen LogP contribution in [0, 0.1) is 0 Å². The van der Waals surface area contributed by atoms with Crippen molar-refractivity contribution in [2.24, 2.45) is 0 Å². The molecular weight excluding hydrogens is 432 g/mol. The Balaban J connectivity index is 0.00000169. The molecule has 0 spiro atoms. The van der Waals surface area contributed by atoms with E-state index < -0.39 is 0 Å². The lowest BCUT2D eigenvalue weighted by Crippen LogP contribution is -3.00. The van der Waals surface area contributed by atoms with Crippen molar-refractivity contribution < 1.29 is 26.0 Å². The van der Waals surface area contributed by atoms with Gasteiger partial charge in [-0.15, -0.1) is 0 Å². The molecule has 5 heteroatoms. The summed E-state index contributed by atoms with van der Waals surface area (Å²) in [5.41, 5.74) is 2.20. The average Bonchev–Trinajstić information content (AvgIpc) is 3.16. The van der Waals surface area contributed by atoms with Crippen LogP contribution in [0.1, 0.15) is 11.3 Å². The molecule has 0 unspecified atom stereocenters. The summed E-state index contributed by atoms with van der Waals surface area (Å²) in [6, 6.07) is 18.5. The van der Waals surface area contributed by atoms with E-state index in [2.05, 4.69) is 74.1 Å². The molecule has 0 radical (unpaired) electrons. The Labute approximate surface area is 159 Å². The zero-order valence-corrected chi connectivity index (χ0v) is 16.1. The fourth-order valence-corrected chi connectivity index (χ4v) is 3.15. The van der Waals surface area contributed by atoms with E-state index in [-0.39, 0.29) is 17.0 Å². The molecule has 2 aromatic carbocycles. The van der Waals surface area contributed by atoms with Crippen LogP contribution in [-0.2, 0) is 13.1 Å². The monoisotopic (exact) mass is 446 g/mol. The number of halogens is 2. The minimum Gasteiger partial charge on any atom is -1.00 e. The lowest BCUT2D eigenvalue weighted by molar-refractivity contribution is -0.687. The Morgan fingerprint density at radius 1 is 1.04 bits per heavy atom. The topological polar surface area (TPSA) is 21.9 Å². The predicted octanol–water partition coefficient (Wildman–Crippen LogP) is 1.38. The van der Waals surface area contributed by atoms with Crippen LogP contribution in [0.15, 0.2) is 82.2 Å². The minimum atomic E-state index is 0. The molecule has 3 nitrogen and oxygen atoms in total. The molecule has 4 rings (SSSR count). The Morgan fingerprint density at radius 3 is 2.67 bits per heavy atom. The van der Waals surface area contributed by atoms with Crippen molar-refractivity contribution in [2.75, 3.05) is 0 Å². The molecule has 122 valence electrons. The molecule has 2 aromatic heterocycles. The van der Waals surface area contributed by atoms with Gasteiger partial charge >= 0.3 is 0 Å². The van der Waals surface area contributed by atoms with Gasteiger partial charge in [-0.1, -0.05) is 52.3 Å². The predicted molar refractivity (Wildman–Crippen MR) is 93.2 cm³/mol. The van der Waals surface area contributed by atoms with Crippen LogP contribution < -0.4 is 21.5 Å². The zero-order chi connectivity index (χ0) is 15.6. The van der Waals surface area contributed by atoms with Crippen molar-refractivity contribution >= 4 is 26.9 Å². The molecule has 0 saturated carbocycles. The number of aromatic nitrogens is 2. The van der Waals surface area contributed by atoms with Crippen molar-refractivity contribution in [3.05, 3.63) is 89.1 Å². The van der Waals surface area contributed by atoms with Gasteiger partial charge in [0.2, 0.25) is 6.33 Å². The van der Waals surface area contributed by atoms with Gasteiger partial charge in [0, 0.05) is 15.4 Å². The maximum absolute atomic E-state index is 5.88. The number of rotatable bonds is 4. The number of benzene rings is 2. The molecule has 0 amide bonds. The molecule has 24 heavy (non-hydrogen) atoms. The third-order valence-electron chi connectivity index (χ3n) is 3.87. The second-order valence-corrected chi connectivity index (χ2v) is 6.45. The number of para-hydroxylation sites is 1. The number of fused-ring (bicyclic) bond motifs is 1. The van der Waals surface area contributed by atoms with E-state index in [1.54, 1.807) is 0 Å². The fraction of sp³-hybridized carbons (Fsp3) is 0.105. The van der Waals surface area contributed by atoms with Gasteiger partial charge in [-0.05, 0) is 18.2 Å². The molecule has 0 saturated heterocycles. The van der Waals surface area contributed by atoms with Gasteiger partial charge in [0.1, 0.15) is 36.8 Å². The van der Waals surface area contributed by atoms with Gasteiger partial charge in [-0.2, -0.15) is 0 Å². The van der Waals surface area contributed by atoms with Crippen LogP contribution in [0.3, 0.4) is 0 Å². The van der Waals surface area contributed by atoms with Crippen molar-refractivity contribution in [2.45, 2.75) is 13.1 Å². The van der Waals surface area contributed by atoms with E-state index in [1.165, 1.54) is 5.56 Å². The quantitative estimate of drug-likeness (QED) is 0.433. The van der Waals surface area contributed by atoms with Crippen LogP contribution in [0.4, 0.5) is 0 Å². The third kappa shape index (κ3) is 3.62. The van der Waals surface area contributed by atoms with Crippen molar-refractivity contribution in [3.8, 4) is 0 Å². The second kappa shape index (κ2) is 7.36. The molecule has 2 heterocycles. The molecule has 0 bridgehead atoms. The summed E-state index contributed by atoms with van der Waals surface area (Å²) in [7, 11) is 0. The molecular formula is C19H16Br2N2O. The van der Waals surface area contributed by atoms with Crippen LogP contribution in [0.2, 0.25) is 0 Å². The Morgan fingerprint density at radius 2 is 1.83 bits per heavy atom. The lowest BCUT2D eigenvalue weighted by Gasteiger charge is -2.00. The number of hydrogen-bond donors (Lipinski definition) is 0. The maximum atomic E-state index is 5.88. The highest BCUT2D eigenvalue weighted by Gasteiger charge is 2.10.